The molecule has 0 unspecified atom stereocenters. The minimum Gasteiger partial charge on any atom is -0.508 e. The lowest BCUT2D eigenvalue weighted by Crippen LogP contribution is -2.14. The van der Waals surface area contributed by atoms with Crippen LogP contribution in [-0.4, -0.2) is 20.8 Å². The second kappa shape index (κ2) is 6.87. The highest BCUT2D eigenvalue weighted by atomic mass is 16.3. The van der Waals surface area contributed by atoms with Crippen LogP contribution in [0.5, 0.6) is 5.75 Å². The highest BCUT2D eigenvalue weighted by molar-refractivity contribution is 5.92. The van der Waals surface area contributed by atoms with E-state index in [2.05, 4.69) is 15.7 Å². The lowest BCUT2D eigenvalue weighted by atomic mass is 10.1. The molecular weight excluding hydrogens is 304 g/mol. The standard InChI is InChI=1S/C18H18N4O2/c1-22-12-16(11-19-22)20-14-5-3-6-15(10-14)21-18(24)9-13-4-2-7-17(23)8-13/h2-8,10-12,20,23H,9H2,1H3,(H,21,24). The van der Waals surface area contributed by atoms with Crippen LogP contribution < -0.4 is 10.6 Å². The van der Waals surface area contributed by atoms with Gasteiger partial charge in [-0.15, -0.1) is 0 Å². The fourth-order valence-electron chi connectivity index (χ4n) is 2.38. The monoisotopic (exact) mass is 322 g/mol. The number of nitrogens with zero attached hydrogens (tertiary/aromatic N) is 2. The number of hydrogen-bond donors (Lipinski definition) is 3. The average molecular weight is 322 g/mol. The summed E-state index contributed by atoms with van der Waals surface area (Å²) >= 11 is 0. The maximum atomic E-state index is 12.1. The molecule has 0 aliphatic rings. The first-order valence-corrected chi connectivity index (χ1v) is 7.52. The number of phenols is 1. The zero-order chi connectivity index (χ0) is 16.9. The Bertz CT molecular complexity index is 857. The first-order chi connectivity index (χ1) is 11.6. The highest BCUT2D eigenvalue weighted by Crippen LogP contribution is 2.20. The van der Waals surface area contributed by atoms with E-state index >= 15 is 0 Å². The van der Waals surface area contributed by atoms with E-state index in [1.807, 2.05) is 37.5 Å². The summed E-state index contributed by atoms with van der Waals surface area (Å²) in [4.78, 5) is 12.1. The van der Waals surface area contributed by atoms with Crippen molar-refractivity contribution in [3.63, 3.8) is 0 Å². The van der Waals surface area contributed by atoms with Crippen molar-refractivity contribution >= 4 is 23.0 Å². The maximum absolute atomic E-state index is 12.1. The summed E-state index contributed by atoms with van der Waals surface area (Å²) in [6.45, 7) is 0. The number of carbonyl (C=O) groups excluding carboxylic acids is 1. The molecule has 2 aromatic carbocycles. The number of rotatable bonds is 5. The summed E-state index contributed by atoms with van der Waals surface area (Å²) in [5.74, 6) is 0.0158. The molecule has 0 saturated carbocycles. The highest BCUT2D eigenvalue weighted by Gasteiger charge is 2.06. The van der Waals surface area contributed by atoms with Gasteiger partial charge in [-0.1, -0.05) is 18.2 Å². The molecule has 6 nitrogen and oxygen atoms in total. The number of phenolic OH excluding ortho intramolecular Hbond substituents is 1. The SMILES string of the molecule is Cn1cc(Nc2cccc(NC(=O)Cc3cccc(O)c3)c2)cn1. The molecule has 3 rings (SSSR count). The quantitative estimate of drug-likeness (QED) is 0.674. The Balaban J connectivity index is 1.64. The number of carbonyl (C=O) groups is 1. The van der Waals surface area contributed by atoms with Crippen molar-refractivity contribution in [2.45, 2.75) is 6.42 Å². The van der Waals surface area contributed by atoms with E-state index in [-0.39, 0.29) is 18.1 Å². The van der Waals surface area contributed by atoms with Crippen molar-refractivity contribution < 1.29 is 9.90 Å². The number of aromatic nitrogens is 2. The van der Waals surface area contributed by atoms with Crippen molar-refractivity contribution in [2.75, 3.05) is 10.6 Å². The van der Waals surface area contributed by atoms with E-state index in [1.165, 1.54) is 0 Å². The Morgan fingerprint density at radius 1 is 1.12 bits per heavy atom. The van der Waals surface area contributed by atoms with Gasteiger partial charge < -0.3 is 15.7 Å². The molecule has 6 heteroatoms. The van der Waals surface area contributed by atoms with Crippen LogP contribution >= 0.6 is 0 Å². The molecule has 3 aromatic rings. The molecule has 1 aromatic heterocycles. The van der Waals surface area contributed by atoms with Gasteiger partial charge in [0.1, 0.15) is 5.75 Å². The van der Waals surface area contributed by atoms with Gasteiger partial charge in [0.15, 0.2) is 0 Å². The third kappa shape index (κ3) is 4.13. The van der Waals surface area contributed by atoms with E-state index in [0.717, 1.165) is 16.9 Å². The molecule has 24 heavy (non-hydrogen) atoms. The topological polar surface area (TPSA) is 79.2 Å². The van der Waals surface area contributed by atoms with Crippen LogP contribution in [0.15, 0.2) is 60.9 Å². The molecular formula is C18H18N4O2. The lowest BCUT2D eigenvalue weighted by molar-refractivity contribution is -0.115. The zero-order valence-corrected chi connectivity index (χ0v) is 13.2. The minimum absolute atomic E-state index is 0.140. The van der Waals surface area contributed by atoms with E-state index in [9.17, 15) is 9.90 Å². The Morgan fingerprint density at radius 3 is 2.67 bits per heavy atom. The fourth-order valence-corrected chi connectivity index (χ4v) is 2.38. The summed E-state index contributed by atoms with van der Waals surface area (Å²) in [5, 5.41) is 19.6. The van der Waals surface area contributed by atoms with Gasteiger partial charge in [0.05, 0.1) is 18.3 Å². The molecule has 0 saturated heterocycles. The average Bonchev–Trinajstić information content (AvgIpc) is 2.92. The van der Waals surface area contributed by atoms with Gasteiger partial charge in [-0.2, -0.15) is 5.10 Å². The molecule has 122 valence electrons. The van der Waals surface area contributed by atoms with Crippen LogP contribution in [0.25, 0.3) is 0 Å². The summed E-state index contributed by atoms with van der Waals surface area (Å²) in [5.41, 5.74) is 3.20. The second-order valence-electron chi connectivity index (χ2n) is 5.50. The number of nitrogens with one attached hydrogen (secondary N) is 2. The number of aromatic hydroxyl groups is 1. The Morgan fingerprint density at radius 2 is 1.92 bits per heavy atom. The van der Waals surface area contributed by atoms with Gasteiger partial charge in [0.2, 0.25) is 5.91 Å². The molecule has 0 spiro atoms. The molecule has 0 bridgehead atoms. The smallest absolute Gasteiger partial charge is 0.228 e. The molecule has 1 heterocycles. The summed E-state index contributed by atoms with van der Waals surface area (Å²) in [7, 11) is 1.85. The van der Waals surface area contributed by atoms with Gasteiger partial charge in [0.25, 0.3) is 0 Å². The van der Waals surface area contributed by atoms with Crippen LogP contribution in [0.4, 0.5) is 17.1 Å². The van der Waals surface area contributed by atoms with E-state index in [0.29, 0.717) is 5.69 Å². The Kier molecular flexibility index (Phi) is 4.47. The van der Waals surface area contributed by atoms with Crippen molar-refractivity contribution in [2.24, 2.45) is 7.05 Å². The largest absolute Gasteiger partial charge is 0.508 e. The normalized spacial score (nSPS) is 10.4. The van der Waals surface area contributed by atoms with Crippen molar-refractivity contribution in [3.05, 3.63) is 66.5 Å². The van der Waals surface area contributed by atoms with Gasteiger partial charge in [-0.25, -0.2) is 0 Å². The molecule has 0 atom stereocenters. The Labute approximate surface area is 139 Å². The second-order valence-corrected chi connectivity index (χ2v) is 5.50. The van der Waals surface area contributed by atoms with Crippen LogP contribution in [0, 0.1) is 0 Å². The van der Waals surface area contributed by atoms with E-state index < -0.39 is 0 Å². The first kappa shape index (κ1) is 15.6. The van der Waals surface area contributed by atoms with E-state index in [4.69, 9.17) is 0 Å². The van der Waals surface area contributed by atoms with Gasteiger partial charge >= 0.3 is 0 Å². The van der Waals surface area contributed by atoms with Crippen molar-refractivity contribution in [1.29, 1.82) is 0 Å². The molecule has 1 amide bonds. The van der Waals surface area contributed by atoms with Gasteiger partial charge in [0, 0.05) is 24.6 Å². The number of benzene rings is 2. The summed E-state index contributed by atoms with van der Waals surface area (Å²) in [6.07, 6.45) is 3.80. The van der Waals surface area contributed by atoms with Crippen LogP contribution in [0.2, 0.25) is 0 Å². The minimum atomic E-state index is -0.140. The number of hydrogen-bond acceptors (Lipinski definition) is 4. The molecule has 0 radical (unpaired) electrons. The molecule has 3 N–H and O–H groups in total. The van der Waals surface area contributed by atoms with Gasteiger partial charge in [-0.3, -0.25) is 9.48 Å². The lowest BCUT2D eigenvalue weighted by Gasteiger charge is -2.09. The fraction of sp³-hybridized carbons (Fsp3) is 0.111. The maximum Gasteiger partial charge on any atom is 0.228 e. The number of anilines is 3. The third-order valence-electron chi connectivity index (χ3n) is 3.42. The predicted octanol–water partition coefficient (Wildman–Crippen LogP) is 3.05. The van der Waals surface area contributed by atoms with Gasteiger partial charge in [-0.05, 0) is 35.9 Å². The van der Waals surface area contributed by atoms with Crippen molar-refractivity contribution in [3.8, 4) is 5.75 Å². The zero-order valence-electron chi connectivity index (χ0n) is 13.2. The predicted molar refractivity (Wildman–Crippen MR) is 93.4 cm³/mol. The van der Waals surface area contributed by atoms with Crippen LogP contribution in [-0.2, 0) is 18.3 Å². The van der Waals surface area contributed by atoms with Crippen LogP contribution in [0.3, 0.4) is 0 Å². The molecule has 0 fully saturated rings. The summed E-state index contributed by atoms with van der Waals surface area (Å²) < 4.78 is 1.71. The number of aryl methyl sites for hydroxylation is 1. The van der Waals surface area contributed by atoms with Crippen LogP contribution in [0.1, 0.15) is 5.56 Å². The third-order valence-corrected chi connectivity index (χ3v) is 3.42. The molecule has 0 aliphatic carbocycles. The van der Waals surface area contributed by atoms with E-state index in [1.54, 1.807) is 35.1 Å². The van der Waals surface area contributed by atoms with Crippen molar-refractivity contribution in [1.82, 2.24) is 9.78 Å². The molecule has 0 aliphatic heterocycles. The first-order valence-electron chi connectivity index (χ1n) is 7.52. The number of amides is 1. The Hall–Kier alpha value is -3.28. The summed E-state index contributed by atoms with van der Waals surface area (Å²) in [6, 6.07) is 14.1.